The lowest BCUT2D eigenvalue weighted by atomic mass is 9.84. The Balaban J connectivity index is 1.43. The maximum absolute atomic E-state index is 12.6. The predicted molar refractivity (Wildman–Crippen MR) is 119 cm³/mol. The van der Waals surface area contributed by atoms with Crippen LogP contribution in [0.2, 0.25) is 0 Å². The highest BCUT2D eigenvalue weighted by Gasteiger charge is 2.32. The van der Waals surface area contributed by atoms with E-state index in [2.05, 4.69) is 16.9 Å². The first-order valence-electron chi connectivity index (χ1n) is 11.1. The molecule has 8 nitrogen and oxygen atoms in total. The van der Waals surface area contributed by atoms with E-state index in [0.717, 1.165) is 79.6 Å². The molecule has 5 rings (SSSR count). The van der Waals surface area contributed by atoms with E-state index < -0.39 is 0 Å². The van der Waals surface area contributed by atoms with Gasteiger partial charge in [-0.2, -0.15) is 5.10 Å². The zero-order valence-electron chi connectivity index (χ0n) is 18.1. The SMILES string of the molecule is CCc1nc(N2CCN(C(=O)C3CCC3)CC2)c2cnn(-c3ccc(OC)cc3)c2n1. The summed E-state index contributed by atoms with van der Waals surface area (Å²) in [4.78, 5) is 26.5. The minimum absolute atomic E-state index is 0.256. The Morgan fingerprint density at radius 3 is 2.45 bits per heavy atom. The molecular weight excluding hydrogens is 392 g/mol. The van der Waals surface area contributed by atoms with Gasteiger partial charge in [-0.1, -0.05) is 13.3 Å². The Morgan fingerprint density at radius 1 is 1.10 bits per heavy atom. The van der Waals surface area contributed by atoms with Gasteiger partial charge in [0.1, 0.15) is 17.4 Å². The van der Waals surface area contributed by atoms with Crippen LogP contribution in [0, 0.1) is 5.92 Å². The van der Waals surface area contributed by atoms with Gasteiger partial charge in [0.15, 0.2) is 5.65 Å². The van der Waals surface area contributed by atoms with E-state index in [-0.39, 0.29) is 5.92 Å². The van der Waals surface area contributed by atoms with Crippen LogP contribution in [0.1, 0.15) is 32.0 Å². The van der Waals surface area contributed by atoms with Gasteiger partial charge >= 0.3 is 0 Å². The van der Waals surface area contributed by atoms with Crippen LogP contribution in [0.5, 0.6) is 5.75 Å². The van der Waals surface area contributed by atoms with E-state index >= 15 is 0 Å². The number of piperazine rings is 1. The second-order valence-corrected chi connectivity index (χ2v) is 8.25. The topological polar surface area (TPSA) is 76.4 Å². The number of fused-ring (bicyclic) bond motifs is 1. The van der Waals surface area contributed by atoms with Gasteiger partial charge in [0.25, 0.3) is 0 Å². The number of hydrogen-bond acceptors (Lipinski definition) is 6. The Labute approximate surface area is 181 Å². The third kappa shape index (κ3) is 3.60. The molecular formula is C23H28N6O2. The van der Waals surface area contributed by atoms with Crippen molar-refractivity contribution < 1.29 is 9.53 Å². The van der Waals surface area contributed by atoms with Crippen LogP contribution in [-0.4, -0.2) is 63.8 Å². The molecule has 8 heteroatoms. The summed E-state index contributed by atoms with van der Waals surface area (Å²) in [6, 6.07) is 7.79. The summed E-state index contributed by atoms with van der Waals surface area (Å²) in [5.74, 6) is 3.11. The number of benzene rings is 1. The van der Waals surface area contributed by atoms with Crippen LogP contribution in [0.4, 0.5) is 5.82 Å². The average Bonchev–Trinajstić information content (AvgIpc) is 3.21. The van der Waals surface area contributed by atoms with Gasteiger partial charge in [-0.3, -0.25) is 4.79 Å². The van der Waals surface area contributed by atoms with Crippen molar-refractivity contribution in [3.63, 3.8) is 0 Å². The molecule has 1 saturated carbocycles. The van der Waals surface area contributed by atoms with Crippen molar-refractivity contribution in [1.29, 1.82) is 0 Å². The Kier molecular flexibility index (Phi) is 5.21. The van der Waals surface area contributed by atoms with Gasteiger partial charge in [0.2, 0.25) is 5.91 Å². The molecule has 0 spiro atoms. The number of carbonyl (C=O) groups is 1. The average molecular weight is 421 g/mol. The summed E-state index contributed by atoms with van der Waals surface area (Å²) in [6.07, 6.45) is 5.89. The van der Waals surface area contributed by atoms with E-state index in [0.29, 0.717) is 5.91 Å². The quantitative estimate of drug-likeness (QED) is 0.632. The van der Waals surface area contributed by atoms with Gasteiger partial charge in [-0.15, -0.1) is 0 Å². The lowest BCUT2D eigenvalue weighted by Crippen LogP contribution is -2.51. The molecule has 0 N–H and O–H groups in total. The van der Waals surface area contributed by atoms with Crippen LogP contribution in [0.25, 0.3) is 16.7 Å². The molecule has 1 saturated heterocycles. The second-order valence-electron chi connectivity index (χ2n) is 8.25. The Bertz CT molecular complexity index is 1080. The van der Waals surface area contributed by atoms with Crippen molar-refractivity contribution in [3.05, 3.63) is 36.3 Å². The molecule has 1 aliphatic heterocycles. The summed E-state index contributed by atoms with van der Waals surface area (Å²) in [7, 11) is 1.66. The van der Waals surface area contributed by atoms with Crippen LogP contribution in [-0.2, 0) is 11.2 Å². The van der Waals surface area contributed by atoms with E-state index in [1.54, 1.807) is 7.11 Å². The number of rotatable bonds is 5. The molecule has 0 unspecified atom stereocenters. The largest absolute Gasteiger partial charge is 0.497 e. The normalized spacial score (nSPS) is 17.1. The molecule has 0 bridgehead atoms. The number of carbonyl (C=O) groups excluding carboxylic acids is 1. The van der Waals surface area contributed by atoms with Crippen molar-refractivity contribution in [2.24, 2.45) is 5.92 Å². The molecule has 2 aromatic heterocycles. The number of anilines is 1. The van der Waals surface area contributed by atoms with E-state index in [1.807, 2.05) is 40.0 Å². The smallest absolute Gasteiger partial charge is 0.225 e. The van der Waals surface area contributed by atoms with E-state index in [1.165, 1.54) is 6.42 Å². The minimum atomic E-state index is 0.256. The molecule has 0 radical (unpaired) electrons. The molecule has 1 amide bonds. The summed E-state index contributed by atoms with van der Waals surface area (Å²) in [5.41, 5.74) is 1.73. The molecule has 2 aliphatic rings. The van der Waals surface area contributed by atoms with Crippen LogP contribution < -0.4 is 9.64 Å². The van der Waals surface area contributed by atoms with Crippen molar-refractivity contribution in [3.8, 4) is 11.4 Å². The summed E-state index contributed by atoms with van der Waals surface area (Å²) in [5, 5.41) is 5.56. The number of hydrogen-bond donors (Lipinski definition) is 0. The Hall–Kier alpha value is -3.16. The fraction of sp³-hybridized carbons (Fsp3) is 0.478. The summed E-state index contributed by atoms with van der Waals surface area (Å²) >= 11 is 0. The highest BCUT2D eigenvalue weighted by atomic mass is 16.5. The maximum atomic E-state index is 12.6. The van der Waals surface area contributed by atoms with E-state index in [4.69, 9.17) is 14.7 Å². The van der Waals surface area contributed by atoms with Crippen LogP contribution in [0.3, 0.4) is 0 Å². The molecule has 162 valence electrons. The fourth-order valence-electron chi connectivity index (χ4n) is 4.30. The first kappa shape index (κ1) is 19.8. The molecule has 1 aromatic carbocycles. The number of methoxy groups -OCH3 is 1. The van der Waals surface area contributed by atoms with E-state index in [9.17, 15) is 4.79 Å². The van der Waals surface area contributed by atoms with Crippen molar-refractivity contribution in [1.82, 2.24) is 24.6 Å². The summed E-state index contributed by atoms with van der Waals surface area (Å²) in [6.45, 7) is 5.11. The highest BCUT2D eigenvalue weighted by molar-refractivity contribution is 5.88. The molecule has 3 heterocycles. The lowest BCUT2D eigenvalue weighted by Gasteiger charge is -2.38. The first-order valence-corrected chi connectivity index (χ1v) is 11.1. The van der Waals surface area contributed by atoms with Gasteiger partial charge in [-0.25, -0.2) is 14.6 Å². The van der Waals surface area contributed by atoms with Crippen molar-refractivity contribution in [2.75, 3.05) is 38.2 Å². The lowest BCUT2D eigenvalue weighted by molar-refractivity contribution is -0.138. The monoisotopic (exact) mass is 420 g/mol. The van der Waals surface area contributed by atoms with Gasteiger partial charge in [0, 0.05) is 38.5 Å². The Morgan fingerprint density at radius 2 is 1.84 bits per heavy atom. The fourth-order valence-corrected chi connectivity index (χ4v) is 4.30. The standard InChI is InChI=1S/C23H28N6O2/c1-3-20-25-21(27-11-13-28(14-12-27)23(30)16-5-4-6-16)19-15-24-29(22(19)26-20)17-7-9-18(31-2)10-8-17/h7-10,15-16H,3-6,11-14H2,1-2H3. The molecule has 1 aliphatic carbocycles. The zero-order chi connectivity index (χ0) is 21.4. The number of ether oxygens (including phenoxy) is 1. The number of aromatic nitrogens is 4. The first-order chi connectivity index (χ1) is 15.2. The van der Waals surface area contributed by atoms with Gasteiger partial charge in [0.05, 0.1) is 24.4 Å². The molecule has 0 atom stereocenters. The van der Waals surface area contributed by atoms with Crippen molar-refractivity contribution in [2.45, 2.75) is 32.6 Å². The number of aryl methyl sites for hydroxylation is 1. The van der Waals surface area contributed by atoms with Crippen molar-refractivity contribution >= 4 is 22.8 Å². The zero-order valence-corrected chi connectivity index (χ0v) is 18.1. The maximum Gasteiger partial charge on any atom is 0.225 e. The third-order valence-electron chi connectivity index (χ3n) is 6.43. The predicted octanol–water partition coefficient (Wildman–Crippen LogP) is 2.84. The second kappa shape index (κ2) is 8.17. The summed E-state index contributed by atoms with van der Waals surface area (Å²) < 4.78 is 7.13. The number of nitrogens with zero attached hydrogens (tertiary/aromatic N) is 6. The molecule has 2 fully saturated rings. The third-order valence-corrected chi connectivity index (χ3v) is 6.43. The van der Waals surface area contributed by atoms with Gasteiger partial charge in [-0.05, 0) is 37.1 Å². The molecule has 31 heavy (non-hydrogen) atoms. The highest BCUT2D eigenvalue weighted by Crippen LogP contribution is 2.30. The van der Waals surface area contributed by atoms with Gasteiger partial charge < -0.3 is 14.5 Å². The van der Waals surface area contributed by atoms with Crippen LogP contribution >= 0.6 is 0 Å². The van der Waals surface area contributed by atoms with Crippen LogP contribution in [0.15, 0.2) is 30.5 Å². The number of amides is 1. The molecule has 3 aromatic rings. The minimum Gasteiger partial charge on any atom is -0.497 e.